The summed E-state index contributed by atoms with van der Waals surface area (Å²) in [5, 5.41) is 17.9. The Morgan fingerprint density at radius 2 is 2.17 bits per heavy atom. The fourth-order valence-corrected chi connectivity index (χ4v) is 3.31. The normalized spacial score (nSPS) is 17.2. The van der Waals surface area contributed by atoms with Gasteiger partial charge in [-0.25, -0.2) is 13.1 Å². The maximum absolute atomic E-state index is 12.0. The summed E-state index contributed by atoms with van der Waals surface area (Å²) in [4.78, 5) is -0.00812. The maximum Gasteiger partial charge on any atom is 0.241 e. The summed E-state index contributed by atoms with van der Waals surface area (Å²) < 4.78 is 26.5. The van der Waals surface area contributed by atoms with Crippen LogP contribution in [0.15, 0.2) is 23.1 Å². The van der Waals surface area contributed by atoms with Gasteiger partial charge in [0.25, 0.3) is 0 Å². The monoisotopic (exact) mass is 286 g/mol. The van der Waals surface area contributed by atoms with Gasteiger partial charge in [0.1, 0.15) is 6.07 Å². The van der Waals surface area contributed by atoms with Crippen LogP contribution in [0, 0.1) is 11.3 Å². The molecule has 0 heterocycles. The van der Waals surface area contributed by atoms with Gasteiger partial charge in [-0.2, -0.15) is 5.26 Å². The van der Waals surface area contributed by atoms with Crippen molar-refractivity contribution in [2.45, 2.75) is 23.3 Å². The van der Waals surface area contributed by atoms with Crippen LogP contribution in [0.5, 0.6) is 0 Å². The number of aliphatic hydroxyl groups excluding tert-OH is 1. The molecular weight excluding hydrogens is 276 g/mol. The van der Waals surface area contributed by atoms with Gasteiger partial charge in [0.05, 0.1) is 27.6 Å². The number of hydrogen-bond donors (Lipinski definition) is 2. The van der Waals surface area contributed by atoms with Crippen LogP contribution in [0.3, 0.4) is 0 Å². The summed E-state index contributed by atoms with van der Waals surface area (Å²) in [5.74, 6) is 0. The SMILES string of the molecule is N#Cc1ccc(S(=O)(=O)NC2(CO)CC2)cc1Cl. The molecule has 2 N–H and O–H groups in total. The molecule has 1 aromatic carbocycles. The fourth-order valence-electron chi connectivity index (χ4n) is 1.54. The third-order valence-corrected chi connectivity index (χ3v) is 4.77. The quantitative estimate of drug-likeness (QED) is 0.864. The molecule has 18 heavy (non-hydrogen) atoms. The highest BCUT2D eigenvalue weighted by molar-refractivity contribution is 7.89. The molecule has 0 bridgehead atoms. The number of benzene rings is 1. The van der Waals surface area contributed by atoms with Crippen molar-refractivity contribution in [3.8, 4) is 6.07 Å². The number of nitrogens with one attached hydrogen (secondary N) is 1. The molecule has 96 valence electrons. The van der Waals surface area contributed by atoms with Crippen LogP contribution < -0.4 is 4.72 Å². The number of nitriles is 1. The first-order chi connectivity index (χ1) is 8.42. The molecule has 7 heteroatoms. The molecule has 0 unspecified atom stereocenters. The van der Waals surface area contributed by atoms with Gasteiger partial charge < -0.3 is 5.11 Å². The first kappa shape index (κ1) is 13.3. The van der Waals surface area contributed by atoms with Crippen molar-refractivity contribution in [2.75, 3.05) is 6.61 Å². The van der Waals surface area contributed by atoms with Gasteiger partial charge in [0.2, 0.25) is 10.0 Å². The van der Waals surface area contributed by atoms with Crippen molar-refractivity contribution in [2.24, 2.45) is 0 Å². The van der Waals surface area contributed by atoms with Crippen molar-refractivity contribution in [3.05, 3.63) is 28.8 Å². The molecule has 1 aromatic rings. The number of aliphatic hydroxyl groups is 1. The van der Waals surface area contributed by atoms with Crippen molar-refractivity contribution in [1.29, 1.82) is 5.26 Å². The van der Waals surface area contributed by atoms with E-state index in [4.69, 9.17) is 22.0 Å². The summed E-state index contributed by atoms with van der Waals surface area (Å²) in [6.45, 7) is -0.226. The molecule has 0 aromatic heterocycles. The van der Waals surface area contributed by atoms with Gasteiger partial charge in [-0.1, -0.05) is 11.6 Å². The van der Waals surface area contributed by atoms with Crippen molar-refractivity contribution >= 4 is 21.6 Å². The van der Waals surface area contributed by atoms with Gasteiger partial charge in [0.15, 0.2) is 0 Å². The lowest BCUT2D eigenvalue weighted by Gasteiger charge is -2.14. The van der Waals surface area contributed by atoms with Crippen LogP contribution in [0.4, 0.5) is 0 Å². The smallest absolute Gasteiger partial charge is 0.241 e. The van der Waals surface area contributed by atoms with E-state index in [9.17, 15) is 8.42 Å². The van der Waals surface area contributed by atoms with Gasteiger partial charge in [0, 0.05) is 0 Å². The third kappa shape index (κ3) is 2.49. The molecule has 0 amide bonds. The average molecular weight is 287 g/mol. The molecule has 0 radical (unpaired) electrons. The predicted molar refractivity (Wildman–Crippen MR) is 65.5 cm³/mol. The summed E-state index contributed by atoms with van der Waals surface area (Å²) in [7, 11) is -3.72. The Bertz CT molecular complexity index is 618. The van der Waals surface area contributed by atoms with Gasteiger partial charge in [-0.05, 0) is 31.0 Å². The minimum absolute atomic E-state index is 0.00812. The van der Waals surface area contributed by atoms with Crippen LogP contribution in [0.25, 0.3) is 0 Å². The zero-order valence-electron chi connectivity index (χ0n) is 9.35. The lowest BCUT2D eigenvalue weighted by atomic mass is 10.2. The second-order valence-electron chi connectivity index (χ2n) is 4.30. The Labute approximate surface area is 110 Å². The highest BCUT2D eigenvalue weighted by Gasteiger charge is 2.45. The molecule has 2 rings (SSSR count). The molecule has 0 spiro atoms. The van der Waals surface area contributed by atoms with E-state index in [-0.39, 0.29) is 22.1 Å². The van der Waals surface area contributed by atoms with Crippen LogP contribution in [0.2, 0.25) is 5.02 Å². The van der Waals surface area contributed by atoms with Crippen molar-refractivity contribution in [1.82, 2.24) is 4.72 Å². The van der Waals surface area contributed by atoms with Gasteiger partial charge in [-0.15, -0.1) is 0 Å². The second-order valence-corrected chi connectivity index (χ2v) is 6.39. The van der Waals surface area contributed by atoms with Crippen LogP contribution in [-0.4, -0.2) is 25.7 Å². The van der Waals surface area contributed by atoms with Gasteiger partial charge in [-0.3, -0.25) is 0 Å². The Kier molecular flexibility index (Phi) is 3.34. The molecule has 1 fully saturated rings. The standard InChI is InChI=1S/C11H11ClN2O3S/c12-10-5-9(2-1-8(10)6-13)18(16,17)14-11(7-15)3-4-11/h1-2,5,14-15H,3-4,7H2. The summed E-state index contributed by atoms with van der Waals surface area (Å²) in [6, 6.07) is 5.77. The molecule has 1 aliphatic rings. The predicted octanol–water partition coefficient (Wildman–Crippen LogP) is 1.01. The van der Waals surface area contributed by atoms with Crippen LogP contribution in [-0.2, 0) is 10.0 Å². The van der Waals surface area contributed by atoms with E-state index in [1.54, 1.807) is 0 Å². The van der Waals surface area contributed by atoms with Crippen molar-refractivity contribution in [3.63, 3.8) is 0 Å². The molecule has 1 aliphatic carbocycles. The zero-order valence-corrected chi connectivity index (χ0v) is 10.9. The lowest BCUT2D eigenvalue weighted by Crippen LogP contribution is -2.39. The second kappa shape index (κ2) is 4.52. The number of sulfonamides is 1. The first-order valence-corrected chi connectivity index (χ1v) is 7.13. The number of rotatable bonds is 4. The average Bonchev–Trinajstić information content (AvgIpc) is 3.08. The van der Waals surface area contributed by atoms with Crippen LogP contribution in [0.1, 0.15) is 18.4 Å². The Morgan fingerprint density at radius 1 is 1.50 bits per heavy atom. The minimum atomic E-state index is -3.72. The van der Waals surface area contributed by atoms with E-state index in [0.717, 1.165) is 0 Å². The zero-order chi connectivity index (χ0) is 13.4. The summed E-state index contributed by atoms with van der Waals surface area (Å²) in [6.07, 6.45) is 1.24. The van der Waals surface area contributed by atoms with E-state index >= 15 is 0 Å². The molecular formula is C11H11ClN2O3S. The fraction of sp³-hybridized carbons (Fsp3) is 0.364. The number of nitrogens with zero attached hydrogens (tertiary/aromatic N) is 1. The topological polar surface area (TPSA) is 90.2 Å². The van der Waals surface area contributed by atoms with E-state index in [1.807, 2.05) is 6.07 Å². The Morgan fingerprint density at radius 3 is 2.61 bits per heavy atom. The largest absolute Gasteiger partial charge is 0.394 e. The van der Waals surface area contributed by atoms with Gasteiger partial charge >= 0.3 is 0 Å². The van der Waals surface area contributed by atoms with Crippen LogP contribution >= 0.6 is 11.6 Å². The number of halogens is 1. The Hall–Kier alpha value is -1.13. The van der Waals surface area contributed by atoms with E-state index in [1.165, 1.54) is 18.2 Å². The highest BCUT2D eigenvalue weighted by Crippen LogP contribution is 2.36. The molecule has 0 aliphatic heterocycles. The summed E-state index contributed by atoms with van der Waals surface area (Å²) >= 11 is 5.79. The van der Waals surface area contributed by atoms with E-state index in [2.05, 4.69) is 4.72 Å². The first-order valence-electron chi connectivity index (χ1n) is 5.27. The lowest BCUT2D eigenvalue weighted by molar-refractivity contribution is 0.246. The molecule has 1 saturated carbocycles. The molecule has 0 saturated heterocycles. The molecule has 5 nitrogen and oxygen atoms in total. The highest BCUT2D eigenvalue weighted by atomic mass is 35.5. The van der Waals surface area contributed by atoms with E-state index < -0.39 is 15.6 Å². The minimum Gasteiger partial charge on any atom is -0.394 e. The third-order valence-electron chi connectivity index (χ3n) is 2.88. The van der Waals surface area contributed by atoms with E-state index in [0.29, 0.717) is 12.8 Å². The number of hydrogen-bond acceptors (Lipinski definition) is 4. The Balaban J connectivity index is 2.31. The summed E-state index contributed by atoms with van der Waals surface area (Å²) in [5.41, 5.74) is -0.502. The maximum atomic E-state index is 12.0. The molecule has 0 atom stereocenters. The van der Waals surface area contributed by atoms with Crippen molar-refractivity contribution < 1.29 is 13.5 Å².